The Morgan fingerprint density at radius 2 is 1.90 bits per heavy atom. The average Bonchev–Trinajstić information content (AvgIpc) is 2.45. The van der Waals surface area contributed by atoms with Crippen molar-refractivity contribution in [3.63, 3.8) is 0 Å². The Morgan fingerprint density at radius 1 is 1.20 bits per heavy atom. The van der Waals surface area contributed by atoms with E-state index in [0.717, 1.165) is 11.1 Å². The Balaban J connectivity index is 2.16. The molecule has 104 valence electrons. The van der Waals surface area contributed by atoms with Gasteiger partial charge in [-0.15, -0.1) is 0 Å². The summed E-state index contributed by atoms with van der Waals surface area (Å²) in [5.74, 6) is -1.21. The number of carboxylic acids is 1. The van der Waals surface area contributed by atoms with Crippen LogP contribution in [0.15, 0.2) is 48.5 Å². The maximum atomic E-state index is 13.2. The first-order valence-electron chi connectivity index (χ1n) is 6.38. The van der Waals surface area contributed by atoms with Gasteiger partial charge in [0.1, 0.15) is 5.82 Å². The van der Waals surface area contributed by atoms with Crippen molar-refractivity contribution >= 4 is 5.97 Å². The van der Waals surface area contributed by atoms with Gasteiger partial charge in [-0.2, -0.15) is 0 Å². The van der Waals surface area contributed by atoms with Crippen LogP contribution in [0.3, 0.4) is 0 Å². The van der Waals surface area contributed by atoms with Crippen molar-refractivity contribution in [2.24, 2.45) is 5.73 Å². The number of halogens is 1. The van der Waals surface area contributed by atoms with Crippen LogP contribution in [-0.2, 0) is 6.42 Å². The monoisotopic (exact) mass is 273 g/mol. The molecule has 0 aliphatic rings. The highest BCUT2D eigenvalue weighted by molar-refractivity contribution is 5.87. The number of hydrogen-bond acceptors (Lipinski definition) is 2. The van der Waals surface area contributed by atoms with E-state index < -0.39 is 5.97 Å². The third kappa shape index (κ3) is 3.42. The van der Waals surface area contributed by atoms with E-state index in [2.05, 4.69) is 0 Å². The lowest BCUT2D eigenvalue weighted by Crippen LogP contribution is -2.15. The number of carboxylic acid groups (broad SMARTS) is 1. The zero-order chi connectivity index (χ0) is 14.5. The Morgan fingerprint density at radius 3 is 2.45 bits per heavy atom. The Bertz CT molecular complexity index is 596. The largest absolute Gasteiger partial charge is 0.478 e. The Hall–Kier alpha value is -2.20. The van der Waals surface area contributed by atoms with Crippen LogP contribution in [0.5, 0.6) is 0 Å². The predicted molar refractivity (Wildman–Crippen MR) is 75.3 cm³/mol. The summed E-state index contributed by atoms with van der Waals surface area (Å²) in [4.78, 5) is 10.8. The summed E-state index contributed by atoms with van der Waals surface area (Å²) in [6.45, 7) is 0.407. The minimum Gasteiger partial charge on any atom is -0.478 e. The molecule has 2 aromatic rings. The van der Waals surface area contributed by atoms with Crippen LogP contribution in [0.4, 0.5) is 4.39 Å². The number of benzene rings is 2. The average molecular weight is 273 g/mol. The van der Waals surface area contributed by atoms with Gasteiger partial charge in [0, 0.05) is 5.92 Å². The summed E-state index contributed by atoms with van der Waals surface area (Å²) in [6.07, 6.45) is 0.653. The third-order valence-corrected chi connectivity index (χ3v) is 3.29. The van der Waals surface area contributed by atoms with E-state index >= 15 is 0 Å². The van der Waals surface area contributed by atoms with E-state index in [-0.39, 0.29) is 17.3 Å². The summed E-state index contributed by atoms with van der Waals surface area (Å²) in [7, 11) is 0. The van der Waals surface area contributed by atoms with E-state index in [4.69, 9.17) is 10.8 Å². The first-order chi connectivity index (χ1) is 9.60. The van der Waals surface area contributed by atoms with Gasteiger partial charge >= 0.3 is 5.97 Å². The lowest BCUT2D eigenvalue weighted by atomic mass is 9.91. The molecule has 0 bridgehead atoms. The van der Waals surface area contributed by atoms with Gasteiger partial charge in [-0.3, -0.25) is 0 Å². The summed E-state index contributed by atoms with van der Waals surface area (Å²) in [6, 6.07) is 13.1. The molecule has 3 nitrogen and oxygen atoms in total. The molecule has 0 aliphatic heterocycles. The number of aromatic carboxylic acids is 1. The molecule has 0 saturated carbocycles. The maximum Gasteiger partial charge on any atom is 0.335 e. The zero-order valence-electron chi connectivity index (χ0n) is 10.9. The highest BCUT2D eigenvalue weighted by Crippen LogP contribution is 2.21. The molecule has 1 atom stereocenters. The van der Waals surface area contributed by atoms with Crippen molar-refractivity contribution in [1.82, 2.24) is 0 Å². The lowest BCUT2D eigenvalue weighted by molar-refractivity contribution is 0.0697. The Kier molecular flexibility index (Phi) is 4.48. The van der Waals surface area contributed by atoms with Crippen molar-refractivity contribution in [1.29, 1.82) is 0 Å². The van der Waals surface area contributed by atoms with Crippen LogP contribution in [-0.4, -0.2) is 17.6 Å². The normalized spacial score (nSPS) is 12.1. The first kappa shape index (κ1) is 14.2. The van der Waals surface area contributed by atoms with Crippen molar-refractivity contribution in [2.45, 2.75) is 12.3 Å². The van der Waals surface area contributed by atoms with E-state index in [9.17, 15) is 9.18 Å². The predicted octanol–water partition coefficient (Wildman–Crippen LogP) is 2.81. The van der Waals surface area contributed by atoms with Crippen molar-refractivity contribution < 1.29 is 14.3 Å². The molecule has 0 amide bonds. The van der Waals surface area contributed by atoms with Gasteiger partial charge in [0.05, 0.1) is 5.56 Å². The number of hydrogen-bond donors (Lipinski definition) is 2. The molecule has 2 rings (SSSR count). The molecule has 0 radical (unpaired) electrons. The lowest BCUT2D eigenvalue weighted by Gasteiger charge is -2.15. The molecule has 0 saturated heterocycles. The quantitative estimate of drug-likeness (QED) is 0.880. The van der Waals surface area contributed by atoms with Gasteiger partial charge in [-0.25, -0.2) is 9.18 Å². The van der Waals surface area contributed by atoms with Gasteiger partial charge in [-0.05, 0) is 48.4 Å². The zero-order valence-corrected chi connectivity index (χ0v) is 10.9. The molecule has 2 aromatic carbocycles. The SMILES string of the molecule is NCC(Cc1ccc(C(=O)O)cc1)c1cccc(F)c1. The third-order valence-electron chi connectivity index (χ3n) is 3.29. The van der Waals surface area contributed by atoms with Crippen LogP contribution in [0.2, 0.25) is 0 Å². The highest BCUT2D eigenvalue weighted by atomic mass is 19.1. The van der Waals surface area contributed by atoms with Crippen LogP contribution in [0.1, 0.15) is 27.4 Å². The summed E-state index contributed by atoms with van der Waals surface area (Å²) >= 11 is 0. The summed E-state index contributed by atoms with van der Waals surface area (Å²) in [5.41, 5.74) is 7.86. The van der Waals surface area contributed by atoms with Crippen molar-refractivity contribution in [3.05, 3.63) is 71.0 Å². The molecule has 0 aromatic heterocycles. The highest BCUT2D eigenvalue weighted by Gasteiger charge is 2.12. The minimum atomic E-state index is -0.947. The molecule has 4 heteroatoms. The molecule has 0 fully saturated rings. The maximum absolute atomic E-state index is 13.2. The molecular formula is C16H16FNO2. The smallest absolute Gasteiger partial charge is 0.335 e. The van der Waals surface area contributed by atoms with Gasteiger partial charge in [0.25, 0.3) is 0 Å². The summed E-state index contributed by atoms with van der Waals surface area (Å²) < 4.78 is 13.2. The van der Waals surface area contributed by atoms with E-state index in [0.29, 0.717) is 13.0 Å². The van der Waals surface area contributed by atoms with Crippen LogP contribution in [0.25, 0.3) is 0 Å². The van der Waals surface area contributed by atoms with Crippen molar-refractivity contribution in [3.8, 4) is 0 Å². The number of nitrogens with two attached hydrogens (primary N) is 1. The molecule has 20 heavy (non-hydrogen) atoms. The van der Waals surface area contributed by atoms with Gasteiger partial charge in [-0.1, -0.05) is 24.3 Å². The van der Waals surface area contributed by atoms with Crippen LogP contribution >= 0.6 is 0 Å². The number of rotatable bonds is 5. The molecule has 3 N–H and O–H groups in total. The van der Waals surface area contributed by atoms with Gasteiger partial charge in [0.2, 0.25) is 0 Å². The van der Waals surface area contributed by atoms with Gasteiger partial charge < -0.3 is 10.8 Å². The summed E-state index contributed by atoms with van der Waals surface area (Å²) in [5, 5.41) is 8.85. The second-order valence-corrected chi connectivity index (χ2v) is 4.69. The van der Waals surface area contributed by atoms with E-state index in [1.54, 1.807) is 30.3 Å². The standard InChI is InChI=1S/C16H16FNO2/c17-15-3-1-2-13(9-15)14(10-18)8-11-4-6-12(7-5-11)16(19)20/h1-7,9,14H,8,10,18H2,(H,19,20). The fourth-order valence-electron chi connectivity index (χ4n) is 2.17. The Labute approximate surface area is 116 Å². The molecule has 0 aliphatic carbocycles. The van der Waals surface area contributed by atoms with Crippen LogP contribution in [0, 0.1) is 5.82 Å². The fraction of sp³-hybridized carbons (Fsp3) is 0.188. The molecule has 1 unspecified atom stereocenters. The van der Waals surface area contributed by atoms with Crippen LogP contribution < -0.4 is 5.73 Å². The molecule has 0 spiro atoms. The molecular weight excluding hydrogens is 257 g/mol. The number of carbonyl (C=O) groups is 1. The fourth-order valence-corrected chi connectivity index (χ4v) is 2.17. The van der Waals surface area contributed by atoms with Gasteiger partial charge in [0.15, 0.2) is 0 Å². The van der Waals surface area contributed by atoms with E-state index in [1.165, 1.54) is 12.1 Å². The second kappa shape index (κ2) is 6.30. The molecule has 0 heterocycles. The van der Waals surface area contributed by atoms with Crippen molar-refractivity contribution in [2.75, 3.05) is 6.54 Å². The first-order valence-corrected chi connectivity index (χ1v) is 6.38. The second-order valence-electron chi connectivity index (χ2n) is 4.69. The topological polar surface area (TPSA) is 63.3 Å². The van der Waals surface area contributed by atoms with E-state index in [1.807, 2.05) is 6.07 Å². The minimum absolute atomic E-state index is 0.0152.